The van der Waals surface area contributed by atoms with Crippen molar-refractivity contribution >= 4 is 34.2 Å². The number of imidazole rings is 1. The summed E-state index contributed by atoms with van der Waals surface area (Å²) < 4.78 is 8.22. The molecule has 0 saturated carbocycles. The Labute approximate surface area is 204 Å². The molecule has 1 amide bonds. The molecule has 0 N–H and O–H groups in total. The highest BCUT2D eigenvalue weighted by molar-refractivity contribution is 6.30. The first kappa shape index (κ1) is 22.5. The zero-order valence-corrected chi connectivity index (χ0v) is 20.0. The topological polar surface area (TPSA) is 47.4 Å². The van der Waals surface area contributed by atoms with Gasteiger partial charge < -0.3 is 14.2 Å². The van der Waals surface area contributed by atoms with Gasteiger partial charge in [0.15, 0.2) is 0 Å². The van der Waals surface area contributed by atoms with Gasteiger partial charge in [-0.05, 0) is 67.8 Å². The van der Waals surface area contributed by atoms with Gasteiger partial charge in [0, 0.05) is 36.1 Å². The van der Waals surface area contributed by atoms with Crippen molar-refractivity contribution in [2.75, 3.05) is 18.1 Å². The van der Waals surface area contributed by atoms with Crippen molar-refractivity contribution in [1.29, 1.82) is 0 Å². The van der Waals surface area contributed by atoms with Crippen molar-refractivity contribution in [2.24, 2.45) is 0 Å². The average molecular weight is 474 g/mol. The van der Waals surface area contributed by atoms with E-state index in [-0.39, 0.29) is 11.8 Å². The largest absolute Gasteiger partial charge is 0.494 e. The number of carbonyl (C=O) groups is 1. The van der Waals surface area contributed by atoms with Gasteiger partial charge in [-0.1, -0.05) is 41.9 Å². The summed E-state index contributed by atoms with van der Waals surface area (Å²) in [7, 11) is 0. The van der Waals surface area contributed by atoms with Gasteiger partial charge in [0.25, 0.3) is 0 Å². The minimum absolute atomic E-state index is 0.0439. The molecule has 1 unspecified atom stereocenters. The van der Waals surface area contributed by atoms with E-state index in [2.05, 4.69) is 29.7 Å². The summed E-state index contributed by atoms with van der Waals surface area (Å²) in [5, 5.41) is 0.633. The van der Waals surface area contributed by atoms with Crippen LogP contribution >= 0.6 is 11.6 Å². The zero-order chi connectivity index (χ0) is 23.5. The predicted octanol–water partition coefficient (Wildman–Crippen LogP) is 6.38. The number of benzene rings is 3. The third kappa shape index (κ3) is 4.80. The van der Waals surface area contributed by atoms with Gasteiger partial charge in [0.1, 0.15) is 11.6 Å². The highest BCUT2D eigenvalue weighted by Gasteiger charge is 2.34. The van der Waals surface area contributed by atoms with Gasteiger partial charge in [-0.2, -0.15) is 0 Å². The molecule has 0 radical (unpaired) electrons. The lowest BCUT2D eigenvalue weighted by Crippen LogP contribution is -2.24. The Morgan fingerprint density at radius 2 is 1.88 bits per heavy atom. The number of rotatable bonds is 8. The van der Waals surface area contributed by atoms with Gasteiger partial charge in [-0.15, -0.1) is 0 Å². The summed E-state index contributed by atoms with van der Waals surface area (Å²) in [5.41, 5.74) is 4.13. The van der Waals surface area contributed by atoms with Crippen molar-refractivity contribution in [3.8, 4) is 5.75 Å². The average Bonchev–Trinajstić information content (AvgIpc) is 3.39. The second-order valence-electron chi connectivity index (χ2n) is 8.87. The Hall–Kier alpha value is -3.31. The molecule has 1 saturated heterocycles. The molecule has 5 nitrogen and oxygen atoms in total. The van der Waals surface area contributed by atoms with Crippen molar-refractivity contribution in [3.05, 3.63) is 89.2 Å². The second kappa shape index (κ2) is 9.90. The van der Waals surface area contributed by atoms with Crippen LogP contribution in [0.3, 0.4) is 0 Å². The molecule has 0 bridgehead atoms. The fraction of sp³-hybridized carbons (Fsp3) is 0.286. The SMILES string of the molecule is Cc1cccc(OCCCCn2c(C3CC(=O)N(c4cccc(Cl)c4)C3)nc3ccccc32)c1. The number of nitrogens with zero attached hydrogens (tertiary/aromatic N) is 3. The lowest BCUT2D eigenvalue weighted by Gasteiger charge is -2.18. The normalized spacial score (nSPS) is 15.9. The number of anilines is 1. The summed E-state index contributed by atoms with van der Waals surface area (Å²) in [4.78, 5) is 19.7. The Morgan fingerprint density at radius 3 is 2.74 bits per heavy atom. The smallest absolute Gasteiger partial charge is 0.227 e. The van der Waals surface area contributed by atoms with E-state index in [1.54, 1.807) is 0 Å². The number of unbranched alkanes of at least 4 members (excludes halogenated alkanes) is 1. The van der Waals surface area contributed by atoms with Crippen LogP contribution in [0, 0.1) is 6.92 Å². The van der Waals surface area contributed by atoms with Gasteiger partial charge in [-0.3, -0.25) is 4.79 Å². The molecule has 5 rings (SSSR count). The standard InChI is InChI=1S/C28H28ClN3O2/c1-20-8-6-11-24(16-20)34-15-5-4-14-31-26-13-3-2-12-25(26)30-28(31)21-17-27(33)32(19-21)23-10-7-9-22(29)18-23/h2-3,6-13,16,18,21H,4-5,14-15,17,19H2,1H3. The summed E-state index contributed by atoms with van der Waals surface area (Å²) in [6.45, 7) is 4.20. The first-order valence-electron chi connectivity index (χ1n) is 11.8. The van der Waals surface area contributed by atoms with E-state index in [0.29, 0.717) is 24.6 Å². The van der Waals surface area contributed by atoms with Crippen LogP contribution in [0.25, 0.3) is 11.0 Å². The number of ether oxygens (including phenoxy) is 1. The van der Waals surface area contributed by atoms with Crippen LogP contribution in [0.4, 0.5) is 5.69 Å². The van der Waals surface area contributed by atoms with Crippen LogP contribution in [0.2, 0.25) is 5.02 Å². The molecule has 3 aromatic carbocycles. The minimum Gasteiger partial charge on any atom is -0.494 e. The van der Waals surface area contributed by atoms with E-state index in [9.17, 15) is 4.79 Å². The Balaban J connectivity index is 1.30. The van der Waals surface area contributed by atoms with Crippen LogP contribution in [0.15, 0.2) is 72.8 Å². The summed E-state index contributed by atoms with van der Waals surface area (Å²) >= 11 is 6.17. The summed E-state index contributed by atoms with van der Waals surface area (Å²) in [6, 6.07) is 23.8. The molecular weight excluding hydrogens is 446 g/mol. The minimum atomic E-state index is 0.0439. The predicted molar refractivity (Wildman–Crippen MR) is 137 cm³/mol. The van der Waals surface area contributed by atoms with Crippen LogP contribution in [0.1, 0.15) is 36.6 Å². The summed E-state index contributed by atoms with van der Waals surface area (Å²) in [6.07, 6.45) is 2.36. The molecule has 34 heavy (non-hydrogen) atoms. The molecule has 0 aliphatic carbocycles. The van der Waals surface area contributed by atoms with E-state index in [1.807, 2.05) is 59.5 Å². The number of para-hydroxylation sites is 2. The number of aryl methyl sites for hydroxylation is 2. The molecule has 1 aliphatic rings. The molecule has 6 heteroatoms. The number of amides is 1. The lowest BCUT2D eigenvalue weighted by atomic mass is 10.1. The van der Waals surface area contributed by atoms with Crippen LogP contribution in [-0.4, -0.2) is 28.6 Å². The zero-order valence-electron chi connectivity index (χ0n) is 19.3. The van der Waals surface area contributed by atoms with E-state index >= 15 is 0 Å². The van der Waals surface area contributed by atoms with Gasteiger partial charge in [0.05, 0.1) is 17.6 Å². The number of carbonyl (C=O) groups excluding carboxylic acids is 1. The molecular formula is C28H28ClN3O2. The van der Waals surface area contributed by atoms with E-state index < -0.39 is 0 Å². The van der Waals surface area contributed by atoms with E-state index in [1.165, 1.54) is 5.56 Å². The quantitative estimate of drug-likeness (QED) is 0.279. The number of hydrogen-bond donors (Lipinski definition) is 0. The molecule has 174 valence electrons. The fourth-order valence-corrected chi connectivity index (χ4v) is 4.87. The van der Waals surface area contributed by atoms with Crippen molar-refractivity contribution in [3.63, 3.8) is 0 Å². The Kier molecular flexibility index (Phi) is 6.54. The second-order valence-corrected chi connectivity index (χ2v) is 9.30. The fourth-order valence-electron chi connectivity index (χ4n) is 4.68. The lowest BCUT2D eigenvalue weighted by molar-refractivity contribution is -0.117. The van der Waals surface area contributed by atoms with Crippen LogP contribution in [0.5, 0.6) is 5.75 Å². The Morgan fingerprint density at radius 1 is 1.03 bits per heavy atom. The number of fused-ring (bicyclic) bond motifs is 1. The van der Waals surface area contributed by atoms with Gasteiger partial charge >= 0.3 is 0 Å². The van der Waals surface area contributed by atoms with E-state index in [0.717, 1.165) is 47.7 Å². The molecule has 1 aromatic heterocycles. The number of aromatic nitrogens is 2. The van der Waals surface area contributed by atoms with Crippen molar-refractivity contribution in [1.82, 2.24) is 9.55 Å². The van der Waals surface area contributed by atoms with Crippen molar-refractivity contribution < 1.29 is 9.53 Å². The molecule has 2 heterocycles. The highest BCUT2D eigenvalue weighted by Crippen LogP contribution is 2.34. The molecule has 1 fully saturated rings. The molecule has 4 aromatic rings. The van der Waals surface area contributed by atoms with Gasteiger partial charge in [0.2, 0.25) is 5.91 Å². The maximum Gasteiger partial charge on any atom is 0.227 e. The maximum atomic E-state index is 12.9. The Bertz CT molecular complexity index is 1320. The van der Waals surface area contributed by atoms with Crippen LogP contribution in [-0.2, 0) is 11.3 Å². The number of hydrogen-bond acceptors (Lipinski definition) is 3. The van der Waals surface area contributed by atoms with Gasteiger partial charge in [-0.25, -0.2) is 4.98 Å². The van der Waals surface area contributed by atoms with Crippen LogP contribution < -0.4 is 9.64 Å². The monoisotopic (exact) mass is 473 g/mol. The van der Waals surface area contributed by atoms with Crippen molar-refractivity contribution in [2.45, 2.75) is 38.6 Å². The first-order valence-corrected chi connectivity index (χ1v) is 12.2. The number of halogens is 1. The first-order chi connectivity index (χ1) is 16.6. The third-order valence-electron chi connectivity index (χ3n) is 6.33. The third-order valence-corrected chi connectivity index (χ3v) is 6.56. The maximum absolute atomic E-state index is 12.9. The van der Waals surface area contributed by atoms with E-state index in [4.69, 9.17) is 21.3 Å². The molecule has 1 atom stereocenters. The molecule has 1 aliphatic heterocycles. The summed E-state index contributed by atoms with van der Waals surface area (Å²) in [5.74, 6) is 2.05. The molecule has 0 spiro atoms. The highest BCUT2D eigenvalue weighted by atomic mass is 35.5.